The summed E-state index contributed by atoms with van der Waals surface area (Å²) in [5, 5.41) is 0. The van der Waals surface area contributed by atoms with Crippen LogP contribution in [0.25, 0.3) is 5.57 Å². The minimum absolute atomic E-state index is 1.21. The van der Waals surface area contributed by atoms with Gasteiger partial charge in [-0.15, -0.1) is 0 Å². The second-order valence-corrected chi connectivity index (χ2v) is 3.30. The van der Waals surface area contributed by atoms with Gasteiger partial charge in [-0.3, -0.25) is 0 Å². The highest BCUT2D eigenvalue weighted by Crippen LogP contribution is 2.24. The van der Waals surface area contributed by atoms with Gasteiger partial charge >= 0.3 is 0 Å². The monoisotopic (exact) mass is 179 g/mol. The summed E-state index contributed by atoms with van der Waals surface area (Å²) >= 11 is 0. The summed E-state index contributed by atoms with van der Waals surface area (Å²) in [4.78, 5) is 0. The van der Waals surface area contributed by atoms with E-state index < -0.39 is 0 Å². The molecule has 0 saturated carbocycles. The van der Waals surface area contributed by atoms with E-state index >= 15 is 0 Å². The standard InChI is InChI=1S/C13H12B/c1-3-7-10-11-8-5-6-9-13(11)14-12(10)4-2/h3-9H,2H2,1H3/b7-3-. The Morgan fingerprint density at radius 3 is 2.79 bits per heavy atom. The van der Waals surface area contributed by atoms with Gasteiger partial charge in [0.2, 0.25) is 0 Å². The zero-order valence-corrected chi connectivity index (χ0v) is 8.33. The Bertz CT molecular complexity index is 425. The number of hydrogen-bond donors (Lipinski definition) is 0. The van der Waals surface area contributed by atoms with Crippen molar-refractivity contribution in [2.45, 2.75) is 6.92 Å². The predicted octanol–water partition coefficient (Wildman–Crippen LogP) is 2.50. The quantitative estimate of drug-likeness (QED) is 0.612. The van der Waals surface area contributed by atoms with Gasteiger partial charge in [-0.05, 0) is 18.1 Å². The molecule has 0 fully saturated rings. The molecule has 1 heterocycles. The predicted molar refractivity (Wildman–Crippen MR) is 63.8 cm³/mol. The van der Waals surface area contributed by atoms with Gasteiger partial charge in [-0.25, -0.2) is 0 Å². The van der Waals surface area contributed by atoms with Gasteiger partial charge in [-0.1, -0.05) is 60.0 Å². The van der Waals surface area contributed by atoms with Crippen LogP contribution in [0.1, 0.15) is 12.5 Å². The summed E-state index contributed by atoms with van der Waals surface area (Å²) in [6, 6.07) is 8.42. The summed E-state index contributed by atoms with van der Waals surface area (Å²) in [6.45, 7) is 5.87. The van der Waals surface area contributed by atoms with Crippen LogP contribution in [0.2, 0.25) is 0 Å². The Balaban J connectivity index is 2.56. The van der Waals surface area contributed by atoms with E-state index in [1.165, 1.54) is 22.1 Å². The maximum atomic E-state index is 3.84. The fraction of sp³-hybridized carbons (Fsp3) is 0.0769. The van der Waals surface area contributed by atoms with Gasteiger partial charge < -0.3 is 0 Å². The highest BCUT2D eigenvalue weighted by Gasteiger charge is 2.17. The lowest BCUT2D eigenvalue weighted by molar-refractivity contribution is 1.66. The van der Waals surface area contributed by atoms with Crippen LogP contribution in [-0.2, 0) is 0 Å². The molecule has 1 heteroatoms. The molecule has 0 saturated heterocycles. The van der Waals surface area contributed by atoms with Crippen LogP contribution in [0, 0.1) is 0 Å². The van der Waals surface area contributed by atoms with Crippen LogP contribution >= 0.6 is 0 Å². The van der Waals surface area contributed by atoms with Gasteiger partial charge in [0.1, 0.15) is 0 Å². The molecule has 1 radical (unpaired) electrons. The number of fused-ring (bicyclic) bond motifs is 1. The lowest BCUT2D eigenvalue weighted by Gasteiger charge is -2.00. The van der Waals surface area contributed by atoms with Crippen molar-refractivity contribution >= 4 is 18.3 Å². The molecule has 1 aromatic rings. The first-order valence-electron chi connectivity index (χ1n) is 4.80. The van der Waals surface area contributed by atoms with E-state index in [0.29, 0.717) is 0 Å². The van der Waals surface area contributed by atoms with Crippen molar-refractivity contribution in [2.75, 3.05) is 0 Å². The SMILES string of the molecule is C=CC1=C(/C=C\C)c2ccccc2[B]1. The topological polar surface area (TPSA) is 0 Å². The minimum Gasteiger partial charge on any atom is -0.0996 e. The third-order valence-electron chi connectivity index (χ3n) is 2.43. The van der Waals surface area contributed by atoms with Crippen LogP contribution in [-0.4, -0.2) is 7.28 Å². The first kappa shape index (κ1) is 9.08. The van der Waals surface area contributed by atoms with Crippen LogP contribution in [0.4, 0.5) is 0 Å². The van der Waals surface area contributed by atoms with Crippen molar-refractivity contribution < 1.29 is 0 Å². The molecule has 0 aliphatic carbocycles. The molecule has 0 N–H and O–H groups in total. The largest absolute Gasteiger partial charge is 0.193 e. The maximum Gasteiger partial charge on any atom is 0.193 e. The first-order valence-corrected chi connectivity index (χ1v) is 4.80. The molecule has 14 heavy (non-hydrogen) atoms. The Morgan fingerprint density at radius 2 is 2.07 bits per heavy atom. The lowest BCUT2D eigenvalue weighted by Crippen LogP contribution is -2.12. The second-order valence-electron chi connectivity index (χ2n) is 3.30. The van der Waals surface area contributed by atoms with Crippen LogP contribution in [0.15, 0.2) is 54.5 Å². The normalized spacial score (nSPS) is 14.4. The summed E-state index contributed by atoms with van der Waals surface area (Å²) in [5.74, 6) is 0. The van der Waals surface area contributed by atoms with Gasteiger partial charge in [-0.2, -0.15) is 0 Å². The summed E-state index contributed by atoms with van der Waals surface area (Å²) < 4.78 is 0. The molecule has 0 atom stereocenters. The molecule has 0 aromatic heterocycles. The van der Waals surface area contributed by atoms with Crippen molar-refractivity contribution in [3.05, 3.63) is 60.1 Å². The van der Waals surface area contributed by atoms with Gasteiger partial charge in [0.05, 0.1) is 0 Å². The molecule has 1 aromatic carbocycles. The molecular weight excluding hydrogens is 167 g/mol. The van der Waals surface area contributed by atoms with Crippen LogP contribution < -0.4 is 5.46 Å². The Labute approximate surface area is 85.9 Å². The molecule has 0 nitrogen and oxygen atoms in total. The molecule has 2 rings (SSSR count). The highest BCUT2D eigenvalue weighted by atomic mass is 14.1. The van der Waals surface area contributed by atoms with E-state index in [4.69, 9.17) is 0 Å². The van der Waals surface area contributed by atoms with E-state index in [9.17, 15) is 0 Å². The number of hydrogen-bond acceptors (Lipinski definition) is 0. The van der Waals surface area contributed by atoms with Crippen LogP contribution in [0.3, 0.4) is 0 Å². The number of rotatable bonds is 2. The minimum atomic E-state index is 1.21. The fourth-order valence-corrected chi connectivity index (χ4v) is 1.79. The van der Waals surface area contributed by atoms with E-state index in [1.54, 1.807) is 0 Å². The summed E-state index contributed by atoms with van der Waals surface area (Å²) in [7, 11) is 2.18. The van der Waals surface area contributed by atoms with E-state index in [2.05, 4.69) is 50.3 Å². The number of allylic oxidation sites excluding steroid dienone is 5. The van der Waals surface area contributed by atoms with Crippen molar-refractivity contribution in [3.8, 4) is 0 Å². The Morgan fingerprint density at radius 1 is 1.29 bits per heavy atom. The zero-order chi connectivity index (χ0) is 9.97. The molecule has 0 spiro atoms. The maximum absolute atomic E-state index is 3.84. The molecule has 0 bridgehead atoms. The molecule has 1 aliphatic heterocycles. The third-order valence-corrected chi connectivity index (χ3v) is 2.43. The Kier molecular flexibility index (Phi) is 2.40. The second kappa shape index (κ2) is 3.71. The lowest BCUT2D eigenvalue weighted by atomic mass is 9.67. The van der Waals surface area contributed by atoms with E-state index in [1.807, 2.05) is 13.0 Å². The fourth-order valence-electron chi connectivity index (χ4n) is 1.79. The van der Waals surface area contributed by atoms with Crippen molar-refractivity contribution in [1.82, 2.24) is 0 Å². The van der Waals surface area contributed by atoms with Gasteiger partial charge in [0, 0.05) is 0 Å². The zero-order valence-electron chi connectivity index (χ0n) is 8.33. The molecule has 1 aliphatic rings. The molecule has 0 unspecified atom stereocenters. The smallest absolute Gasteiger partial charge is 0.0996 e. The van der Waals surface area contributed by atoms with Crippen molar-refractivity contribution in [2.24, 2.45) is 0 Å². The van der Waals surface area contributed by atoms with E-state index in [-0.39, 0.29) is 0 Å². The molecular formula is C13H12B. The summed E-state index contributed by atoms with van der Waals surface area (Å²) in [6.07, 6.45) is 6.11. The van der Waals surface area contributed by atoms with Crippen LogP contribution in [0.5, 0.6) is 0 Å². The molecule has 67 valence electrons. The van der Waals surface area contributed by atoms with Crippen molar-refractivity contribution in [3.63, 3.8) is 0 Å². The van der Waals surface area contributed by atoms with Gasteiger partial charge in [0.25, 0.3) is 0 Å². The average Bonchev–Trinajstić information content (AvgIpc) is 2.58. The highest BCUT2D eigenvalue weighted by molar-refractivity contribution is 6.67. The van der Waals surface area contributed by atoms with E-state index in [0.717, 1.165) is 0 Å². The first-order chi connectivity index (χ1) is 6.86. The average molecular weight is 179 g/mol. The molecule has 0 amide bonds. The third kappa shape index (κ3) is 1.35. The Hall–Kier alpha value is -1.50. The van der Waals surface area contributed by atoms with Crippen molar-refractivity contribution in [1.29, 1.82) is 0 Å². The summed E-state index contributed by atoms with van der Waals surface area (Å²) in [5.41, 5.74) is 5.08. The number of benzene rings is 1. The van der Waals surface area contributed by atoms with Gasteiger partial charge in [0.15, 0.2) is 7.28 Å².